The topological polar surface area (TPSA) is 76.4 Å². The third-order valence-electron chi connectivity index (χ3n) is 3.89. The minimum Gasteiger partial charge on any atom is -0.469 e. The van der Waals surface area contributed by atoms with Crippen molar-refractivity contribution in [2.45, 2.75) is 39.7 Å². The molecule has 0 bridgehead atoms. The van der Waals surface area contributed by atoms with Gasteiger partial charge >= 0.3 is 11.9 Å². The van der Waals surface area contributed by atoms with Gasteiger partial charge in [-0.1, -0.05) is 27.4 Å². The van der Waals surface area contributed by atoms with E-state index in [0.29, 0.717) is 6.42 Å². The molecule has 1 aliphatic carbocycles. The summed E-state index contributed by atoms with van der Waals surface area (Å²) in [5, 5.41) is 9.02. The van der Waals surface area contributed by atoms with Crippen LogP contribution in [-0.4, -0.2) is 25.2 Å². The maximum absolute atomic E-state index is 11.8. The zero-order valence-corrected chi connectivity index (χ0v) is 12.4. The quantitative estimate of drug-likeness (QED) is 0.550. The van der Waals surface area contributed by atoms with Crippen molar-refractivity contribution in [3.05, 3.63) is 12.2 Å². The van der Waals surface area contributed by atoms with Gasteiger partial charge in [0.2, 0.25) is 0 Å². The molecule has 0 spiro atoms. The molecule has 0 aromatic rings. The van der Waals surface area contributed by atoms with E-state index in [1.165, 1.54) is 7.11 Å². The molecule has 1 fully saturated rings. The number of nitrogens with zero attached hydrogens (tertiary/aromatic N) is 1. The first kappa shape index (κ1) is 16.2. The van der Waals surface area contributed by atoms with E-state index in [-0.39, 0.29) is 41.2 Å². The van der Waals surface area contributed by atoms with Crippen LogP contribution in [0.2, 0.25) is 0 Å². The lowest BCUT2D eigenvalue weighted by Crippen LogP contribution is -2.24. The summed E-state index contributed by atoms with van der Waals surface area (Å²) in [5.41, 5.74) is -0.205. The summed E-state index contributed by atoms with van der Waals surface area (Å²) in [5.74, 6) is -1.36. The van der Waals surface area contributed by atoms with Gasteiger partial charge in [0.15, 0.2) is 0 Å². The number of ether oxygens (including phenoxy) is 2. The summed E-state index contributed by atoms with van der Waals surface area (Å²) in [7, 11) is 1.32. The zero-order chi connectivity index (χ0) is 15.5. The van der Waals surface area contributed by atoms with Crippen LogP contribution in [0.4, 0.5) is 0 Å². The second-order valence-electron chi connectivity index (χ2n) is 5.65. The van der Waals surface area contributed by atoms with E-state index >= 15 is 0 Å². The van der Waals surface area contributed by atoms with Crippen molar-refractivity contribution in [3.63, 3.8) is 0 Å². The summed E-state index contributed by atoms with van der Waals surface area (Å²) in [6.45, 7) is 9.30. The normalized spacial score (nSPS) is 24.1. The highest BCUT2D eigenvalue weighted by Crippen LogP contribution is 2.61. The van der Waals surface area contributed by atoms with Gasteiger partial charge in [0.05, 0.1) is 24.7 Å². The highest BCUT2D eigenvalue weighted by molar-refractivity contribution is 5.78. The Morgan fingerprint density at radius 1 is 1.45 bits per heavy atom. The number of methoxy groups -OCH3 is 1. The van der Waals surface area contributed by atoms with Crippen LogP contribution in [0.5, 0.6) is 0 Å². The minimum atomic E-state index is -0.752. The number of rotatable bonds is 6. The fourth-order valence-corrected chi connectivity index (χ4v) is 2.65. The molecule has 1 saturated carbocycles. The number of carbonyl (C=O) groups is 2. The van der Waals surface area contributed by atoms with Crippen LogP contribution in [0.3, 0.4) is 0 Å². The molecule has 0 aliphatic heterocycles. The molecule has 0 N–H and O–H groups in total. The van der Waals surface area contributed by atoms with Gasteiger partial charge in [-0.15, -0.1) is 0 Å². The van der Waals surface area contributed by atoms with E-state index in [0.717, 1.165) is 0 Å². The number of nitriles is 1. The monoisotopic (exact) mass is 279 g/mol. The predicted octanol–water partition coefficient (Wildman–Crippen LogP) is 2.22. The van der Waals surface area contributed by atoms with Gasteiger partial charge in [-0.2, -0.15) is 5.26 Å². The standard InChI is InChI=1S/C15H21NO4/c1-6-7-10(17)20-13(9(2)8-16)11-12(14(18)19-5)15(11,3)4/h11-13H,2,6-7H2,1,3-5H3. The molecule has 0 amide bonds. The van der Waals surface area contributed by atoms with E-state index < -0.39 is 6.10 Å². The first-order chi connectivity index (χ1) is 9.31. The van der Waals surface area contributed by atoms with Crippen LogP contribution in [-0.2, 0) is 19.1 Å². The van der Waals surface area contributed by atoms with Crippen LogP contribution in [0.1, 0.15) is 33.6 Å². The Morgan fingerprint density at radius 2 is 2.05 bits per heavy atom. The summed E-state index contributed by atoms with van der Waals surface area (Å²) >= 11 is 0. The first-order valence-electron chi connectivity index (χ1n) is 6.67. The molecule has 1 aliphatic rings. The first-order valence-corrected chi connectivity index (χ1v) is 6.67. The van der Waals surface area contributed by atoms with Gasteiger partial charge in [0.25, 0.3) is 0 Å². The number of hydrogen-bond donors (Lipinski definition) is 0. The third kappa shape index (κ3) is 3.01. The second kappa shape index (κ2) is 6.08. The minimum absolute atomic E-state index is 0.166. The molecule has 0 aromatic carbocycles. The summed E-state index contributed by atoms with van der Waals surface area (Å²) < 4.78 is 10.1. The highest BCUT2D eigenvalue weighted by atomic mass is 16.5. The van der Waals surface area contributed by atoms with Crippen molar-refractivity contribution in [1.82, 2.24) is 0 Å². The largest absolute Gasteiger partial charge is 0.469 e. The van der Waals surface area contributed by atoms with Crippen LogP contribution in [0.15, 0.2) is 12.2 Å². The maximum atomic E-state index is 11.8. The molecule has 0 aromatic heterocycles. The van der Waals surface area contributed by atoms with Crippen LogP contribution < -0.4 is 0 Å². The lowest BCUT2D eigenvalue weighted by atomic mass is 10.0. The maximum Gasteiger partial charge on any atom is 0.309 e. The SMILES string of the molecule is C=C(C#N)C(OC(=O)CCC)C1C(C(=O)OC)C1(C)C. The molecule has 0 saturated heterocycles. The second-order valence-corrected chi connectivity index (χ2v) is 5.65. The number of esters is 2. The Hall–Kier alpha value is -1.83. The molecule has 3 atom stereocenters. The molecular weight excluding hydrogens is 258 g/mol. The summed E-state index contributed by atoms with van der Waals surface area (Å²) in [4.78, 5) is 23.4. The van der Waals surface area contributed by atoms with Crippen molar-refractivity contribution < 1.29 is 19.1 Å². The van der Waals surface area contributed by atoms with Crippen LogP contribution >= 0.6 is 0 Å². The Kier molecular flexibility index (Phi) is 4.93. The number of hydrogen-bond acceptors (Lipinski definition) is 5. The average molecular weight is 279 g/mol. The third-order valence-corrected chi connectivity index (χ3v) is 3.89. The highest BCUT2D eigenvalue weighted by Gasteiger charge is 2.67. The van der Waals surface area contributed by atoms with Crippen LogP contribution in [0.25, 0.3) is 0 Å². The lowest BCUT2D eigenvalue weighted by Gasteiger charge is -2.18. The smallest absolute Gasteiger partial charge is 0.309 e. The predicted molar refractivity (Wildman–Crippen MR) is 72.3 cm³/mol. The van der Waals surface area contributed by atoms with E-state index in [1.807, 2.05) is 26.8 Å². The fraction of sp³-hybridized carbons (Fsp3) is 0.667. The zero-order valence-electron chi connectivity index (χ0n) is 12.4. The van der Waals surface area contributed by atoms with E-state index in [9.17, 15) is 9.59 Å². The molecule has 1 rings (SSSR count). The average Bonchev–Trinajstić information content (AvgIpc) is 2.97. The van der Waals surface area contributed by atoms with Crippen molar-refractivity contribution >= 4 is 11.9 Å². The van der Waals surface area contributed by atoms with Gasteiger partial charge < -0.3 is 9.47 Å². The Labute approximate surface area is 119 Å². The fourth-order valence-electron chi connectivity index (χ4n) is 2.65. The van der Waals surface area contributed by atoms with Gasteiger partial charge in [-0.25, -0.2) is 0 Å². The van der Waals surface area contributed by atoms with Crippen molar-refractivity contribution in [3.8, 4) is 6.07 Å². The van der Waals surface area contributed by atoms with Crippen molar-refractivity contribution in [2.75, 3.05) is 7.11 Å². The Balaban J connectivity index is 2.91. The van der Waals surface area contributed by atoms with Crippen molar-refractivity contribution in [1.29, 1.82) is 5.26 Å². The van der Waals surface area contributed by atoms with Crippen LogP contribution in [0, 0.1) is 28.6 Å². The molecule has 5 nitrogen and oxygen atoms in total. The molecule has 0 radical (unpaired) electrons. The van der Waals surface area contributed by atoms with Gasteiger partial charge in [-0.05, 0) is 11.8 Å². The van der Waals surface area contributed by atoms with Crippen molar-refractivity contribution in [2.24, 2.45) is 17.3 Å². The van der Waals surface area contributed by atoms with Gasteiger partial charge in [0.1, 0.15) is 6.10 Å². The van der Waals surface area contributed by atoms with Gasteiger partial charge in [0, 0.05) is 12.3 Å². The summed E-state index contributed by atoms with van der Waals surface area (Å²) in [6, 6.07) is 1.93. The number of carbonyl (C=O) groups excluding carboxylic acids is 2. The van der Waals surface area contributed by atoms with E-state index in [1.54, 1.807) is 0 Å². The molecule has 110 valence electrons. The molecule has 20 heavy (non-hydrogen) atoms. The van der Waals surface area contributed by atoms with Gasteiger partial charge in [-0.3, -0.25) is 9.59 Å². The lowest BCUT2D eigenvalue weighted by molar-refractivity contribution is -0.150. The Morgan fingerprint density at radius 3 is 2.50 bits per heavy atom. The molecule has 0 heterocycles. The van der Waals surface area contributed by atoms with E-state index in [4.69, 9.17) is 14.7 Å². The molecular formula is C15H21NO4. The molecule has 5 heteroatoms. The summed E-state index contributed by atoms with van der Waals surface area (Å²) in [6.07, 6.45) is 0.197. The molecule has 3 unspecified atom stereocenters. The Bertz CT molecular complexity index is 461. The van der Waals surface area contributed by atoms with E-state index in [2.05, 4.69) is 6.58 Å².